The Kier molecular flexibility index (Phi) is 3.12. The lowest BCUT2D eigenvalue weighted by molar-refractivity contribution is -0.305. The molecule has 14 heavy (non-hydrogen) atoms. The zero-order valence-electron chi connectivity index (χ0n) is 7.03. The number of nitrogens with two attached hydrogens (primary N) is 1. The second kappa shape index (κ2) is 3.34. The molecule has 0 saturated heterocycles. The standard InChI is InChI=1S/C6H8F5NO2/c1-4(12,2-3(13)14)5(7,8)6(9,10)11/h2,12H2,1H3,(H,13,14). The van der Waals surface area contributed by atoms with Gasteiger partial charge in [-0.3, -0.25) is 4.79 Å². The van der Waals surface area contributed by atoms with Crippen LogP contribution in [0.4, 0.5) is 22.0 Å². The smallest absolute Gasteiger partial charge is 0.455 e. The molecule has 0 spiro atoms. The zero-order chi connectivity index (χ0) is 11.8. The number of halogens is 5. The molecule has 0 bridgehead atoms. The van der Waals surface area contributed by atoms with Gasteiger partial charge < -0.3 is 10.8 Å². The maximum atomic E-state index is 12.6. The van der Waals surface area contributed by atoms with Crippen molar-refractivity contribution in [3.63, 3.8) is 0 Å². The molecule has 3 nitrogen and oxygen atoms in total. The summed E-state index contributed by atoms with van der Waals surface area (Å²) in [5, 5.41) is 8.10. The average Bonchev–Trinajstić information content (AvgIpc) is 1.80. The highest BCUT2D eigenvalue weighted by atomic mass is 19.4. The topological polar surface area (TPSA) is 63.3 Å². The van der Waals surface area contributed by atoms with Gasteiger partial charge in [0.05, 0.1) is 12.0 Å². The first kappa shape index (κ1) is 13.1. The second-order valence-corrected chi connectivity index (χ2v) is 3.06. The predicted octanol–water partition coefficient (Wildman–Crippen LogP) is 1.38. The Morgan fingerprint density at radius 2 is 1.64 bits per heavy atom. The van der Waals surface area contributed by atoms with Crippen molar-refractivity contribution in [3.8, 4) is 0 Å². The summed E-state index contributed by atoms with van der Waals surface area (Å²) in [6.07, 6.45) is -7.33. The van der Waals surface area contributed by atoms with Crippen LogP contribution in [0.2, 0.25) is 0 Å². The lowest BCUT2D eigenvalue weighted by atomic mass is 9.90. The van der Waals surface area contributed by atoms with Crippen LogP contribution in [-0.2, 0) is 4.79 Å². The number of carboxylic acids is 1. The Balaban J connectivity index is 4.97. The first-order chi connectivity index (χ1) is 5.92. The number of hydrogen-bond donors (Lipinski definition) is 2. The fourth-order valence-corrected chi connectivity index (χ4v) is 0.749. The largest absolute Gasteiger partial charge is 0.481 e. The van der Waals surface area contributed by atoms with Crippen LogP contribution in [0.1, 0.15) is 13.3 Å². The van der Waals surface area contributed by atoms with Gasteiger partial charge in [-0.2, -0.15) is 22.0 Å². The van der Waals surface area contributed by atoms with Crippen molar-refractivity contribution < 1.29 is 31.9 Å². The molecule has 3 N–H and O–H groups in total. The lowest BCUT2D eigenvalue weighted by Crippen LogP contribution is -2.61. The van der Waals surface area contributed by atoms with Crippen LogP contribution >= 0.6 is 0 Å². The highest BCUT2D eigenvalue weighted by Crippen LogP contribution is 2.43. The maximum absolute atomic E-state index is 12.6. The van der Waals surface area contributed by atoms with Crippen molar-refractivity contribution in [1.82, 2.24) is 0 Å². The molecule has 1 atom stereocenters. The van der Waals surface area contributed by atoms with Crippen LogP contribution in [0.15, 0.2) is 0 Å². The third-order valence-electron chi connectivity index (χ3n) is 1.59. The molecule has 0 aliphatic carbocycles. The van der Waals surface area contributed by atoms with Gasteiger partial charge in [0.2, 0.25) is 0 Å². The van der Waals surface area contributed by atoms with Crippen molar-refractivity contribution >= 4 is 5.97 Å². The van der Waals surface area contributed by atoms with Gasteiger partial charge >= 0.3 is 18.1 Å². The number of aliphatic carboxylic acids is 1. The SMILES string of the molecule is CC(N)(CC(=O)O)C(F)(F)C(F)(F)F. The highest BCUT2D eigenvalue weighted by molar-refractivity contribution is 5.68. The Hall–Kier alpha value is -0.920. The minimum absolute atomic E-state index is 0.342. The van der Waals surface area contributed by atoms with E-state index < -0.39 is 30.0 Å². The Bertz CT molecular complexity index is 235. The molecule has 0 fully saturated rings. The van der Waals surface area contributed by atoms with E-state index in [9.17, 15) is 26.7 Å². The van der Waals surface area contributed by atoms with Gasteiger partial charge in [0.15, 0.2) is 0 Å². The Labute approximate surface area is 75.7 Å². The third-order valence-corrected chi connectivity index (χ3v) is 1.59. The lowest BCUT2D eigenvalue weighted by Gasteiger charge is -2.33. The average molecular weight is 221 g/mol. The van der Waals surface area contributed by atoms with E-state index in [1.165, 1.54) is 0 Å². The molecule has 0 aromatic carbocycles. The molecule has 0 amide bonds. The molecule has 0 rings (SSSR count). The predicted molar refractivity (Wildman–Crippen MR) is 35.8 cm³/mol. The molecule has 8 heteroatoms. The van der Waals surface area contributed by atoms with Crippen molar-refractivity contribution in [2.24, 2.45) is 5.73 Å². The van der Waals surface area contributed by atoms with E-state index in [4.69, 9.17) is 5.11 Å². The van der Waals surface area contributed by atoms with E-state index in [1.807, 2.05) is 0 Å². The molecule has 0 aliphatic rings. The molecule has 0 aliphatic heterocycles. The van der Waals surface area contributed by atoms with Crippen molar-refractivity contribution in [2.45, 2.75) is 31.0 Å². The highest BCUT2D eigenvalue weighted by Gasteiger charge is 2.67. The number of hydrogen-bond acceptors (Lipinski definition) is 2. The minimum Gasteiger partial charge on any atom is -0.481 e. The van der Waals surface area contributed by atoms with E-state index in [0.717, 1.165) is 0 Å². The van der Waals surface area contributed by atoms with E-state index >= 15 is 0 Å². The molecule has 84 valence electrons. The summed E-state index contributed by atoms with van der Waals surface area (Å²) in [7, 11) is 0. The summed E-state index contributed by atoms with van der Waals surface area (Å²) in [5.41, 5.74) is 1.48. The van der Waals surface area contributed by atoms with Crippen LogP contribution in [0.25, 0.3) is 0 Å². The van der Waals surface area contributed by atoms with Gasteiger partial charge in [-0.1, -0.05) is 0 Å². The van der Waals surface area contributed by atoms with E-state index in [1.54, 1.807) is 0 Å². The second-order valence-electron chi connectivity index (χ2n) is 3.06. The molecular weight excluding hydrogens is 213 g/mol. The van der Waals surface area contributed by atoms with Gasteiger partial charge in [-0.25, -0.2) is 0 Å². The van der Waals surface area contributed by atoms with E-state index in [2.05, 4.69) is 5.73 Å². The summed E-state index contributed by atoms with van der Waals surface area (Å²) < 4.78 is 60.4. The van der Waals surface area contributed by atoms with Gasteiger partial charge in [-0.15, -0.1) is 0 Å². The first-order valence-corrected chi connectivity index (χ1v) is 3.37. The Morgan fingerprint density at radius 1 is 1.29 bits per heavy atom. The van der Waals surface area contributed by atoms with Crippen LogP contribution in [0, 0.1) is 0 Å². The van der Waals surface area contributed by atoms with Crippen molar-refractivity contribution in [2.75, 3.05) is 0 Å². The molecule has 1 unspecified atom stereocenters. The molecular formula is C6H8F5NO2. The van der Waals surface area contributed by atoms with Crippen molar-refractivity contribution in [3.05, 3.63) is 0 Å². The van der Waals surface area contributed by atoms with Crippen molar-refractivity contribution in [1.29, 1.82) is 0 Å². The normalized spacial score (nSPS) is 17.6. The van der Waals surface area contributed by atoms with Gasteiger partial charge in [0.1, 0.15) is 0 Å². The van der Waals surface area contributed by atoms with Crippen LogP contribution in [0.5, 0.6) is 0 Å². The van der Waals surface area contributed by atoms with E-state index in [-0.39, 0.29) is 0 Å². The quantitative estimate of drug-likeness (QED) is 0.707. The molecule has 0 heterocycles. The molecule has 0 radical (unpaired) electrons. The Morgan fingerprint density at radius 3 is 1.86 bits per heavy atom. The van der Waals surface area contributed by atoms with Gasteiger partial charge in [-0.05, 0) is 6.92 Å². The maximum Gasteiger partial charge on any atom is 0.455 e. The summed E-state index contributed by atoms with van der Waals surface area (Å²) in [5.74, 6) is -7.06. The van der Waals surface area contributed by atoms with E-state index in [0.29, 0.717) is 6.92 Å². The van der Waals surface area contributed by atoms with Crippen LogP contribution in [-0.4, -0.2) is 28.7 Å². The third kappa shape index (κ3) is 2.31. The number of carbonyl (C=O) groups is 1. The summed E-state index contributed by atoms with van der Waals surface area (Å²) in [6, 6.07) is 0. The fourth-order valence-electron chi connectivity index (χ4n) is 0.749. The van der Waals surface area contributed by atoms with Gasteiger partial charge in [0, 0.05) is 0 Å². The molecule has 0 saturated carbocycles. The zero-order valence-corrected chi connectivity index (χ0v) is 7.03. The summed E-state index contributed by atoms with van der Waals surface area (Å²) >= 11 is 0. The summed E-state index contributed by atoms with van der Waals surface area (Å²) in [4.78, 5) is 10.0. The number of alkyl halides is 5. The molecule has 0 aromatic rings. The summed E-state index contributed by atoms with van der Waals surface area (Å²) in [6.45, 7) is 0.342. The molecule has 0 aromatic heterocycles. The number of carboxylic acid groups (broad SMARTS) is 1. The fraction of sp³-hybridized carbons (Fsp3) is 0.833. The first-order valence-electron chi connectivity index (χ1n) is 3.37. The minimum atomic E-state index is -5.86. The monoisotopic (exact) mass is 221 g/mol. The van der Waals surface area contributed by atoms with Crippen LogP contribution < -0.4 is 5.73 Å². The number of rotatable bonds is 3. The van der Waals surface area contributed by atoms with Crippen LogP contribution in [0.3, 0.4) is 0 Å². The van der Waals surface area contributed by atoms with Gasteiger partial charge in [0.25, 0.3) is 0 Å².